The van der Waals surface area contributed by atoms with Crippen molar-refractivity contribution >= 4 is 29.2 Å². The van der Waals surface area contributed by atoms with Gasteiger partial charge in [-0.1, -0.05) is 25.4 Å². The summed E-state index contributed by atoms with van der Waals surface area (Å²) in [6, 6.07) is 3.42. The third-order valence-electron chi connectivity index (χ3n) is 2.42. The van der Waals surface area contributed by atoms with Crippen molar-refractivity contribution in [1.29, 1.82) is 0 Å². The van der Waals surface area contributed by atoms with Crippen molar-refractivity contribution < 1.29 is 19.2 Å². The maximum atomic E-state index is 11.8. The van der Waals surface area contributed by atoms with Gasteiger partial charge in [0, 0.05) is 18.7 Å². The molecule has 0 aliphatic rings. The summed E-state index contributed by atoms with van der Waals surface area (Å²) >= 11 is 5.79. The van der Waals surface area contributed by atoms with Crippen LogP contribution in [-0.4, -0.2) is 30.0 Å². The molecule has 0 fully saturated rings. The van der Waals surface area contributed by atoms with Crippen LogP contribution >= 0.6 is 11.6 Å². The zero-order chi connectivity index (χ0) is 16.0. The predicted octanol–water partition coefficient (Wildman–Crippen LogP) is 2.18. The van der Waals surface area contributed by atoms with E-state index in [-0.39, 0.29) is 22.2 Å². The van der Waals surface area contributed by atoms with E-state index < -0.39 is 23.4 Å². The van der Waals surface area contributed by atoms with Crippen LogP contribution in [0.15, 0.2) is 18.2 Å². The Kier molecular flexibility index (Phi) is 6.10. The first-order valence-corrected chi connectivity index (χ1v) is 6.56. The highest BCUT2D eigenvalue weighted by atomic mass is 35.5. The molecule has 0 aromatic heterocycles. The minimum absolute atomic E-state index is 0.0215. The minimum Gasteiger partial charge on any atom is -0.452 e. The van der Waals surface area contributed by atoms with E-state index in [0.717, 1.165) is 6.07 Å². The van der Waals surface area contributed by atoms with Crippen LogP contribution in [-0.2, 0) is 9.53 Å². The summed E-state index contributed by atoms with van der Waals surface area (Å²) < 4.78 is 4.78. The minimum atomic E-state index is -0.886. The fourth-order valence-corrected chi connectivity index (χ4v) is 1.56. The van der Waals surface area contributed by atoms with Crippen LogP contribution < -0.4 is 5.32 Å². The van der Waals surface area contributed by atoms with E-state index in [1.165, 1.54) is 12.1 Å². The van der Waals surface area contributed by atoms with Gasteiger partial charge in [0.25, 0.3) is 11.6 Å². The third kappa shape index (κ3) is 5.39. The molecule has 1 amide bonds. The molecule has 0 unspecified atom stereocenters. The van der Waals surface area contributed by atoms with Gasteiger partial charge < -0.3 is 10.1 Å². The number of hydrogen-bond donors (Lipinski definition) is 1. The van der Waals surface area contributed by atoms with Crippen molar-refractivity contribution in [3.63, 3.8) is 0 Å². The summed E-state index contributed by atoms with van der Waals surface area (Å²) in [5, 5.41) is 13.2. The topological polar surface area (TPSA) is 98.5 Å². The van der Waals surface area contributed by atoms with Gasteiger partial charge in [0.1, 0.15) is 0 Å². The fraction of sp³-hybridized carbons (Fsp3) is 0.385. The van der Waals surface area contributed by atoms with Crippen molar-refractivity contribution in [3.8, 4) is 0 Å². The second kappa shape index (κ2) is 7.58. The fourth-order valence-electron chi connectivity index (χ4n) is 1.36. The van der Waals surface area contributed by atoms with Gasteiger partial charge in [-0.3, -0.25) is 14.9 Å². The number of nitro benzene ring substituents is 1. The largest absolute Gasteiger partial charge is 0.452 e. The number of nitrogens with one attached hydrogen (secondary N) is 1. The molecule has 7 nitrogen and oxygen atoms in total. The number of benzene rings is 1. The number of amides is 1. The average Bonchev–Trinajstić information content (AvgIpc) is 2.42. The number of hydrogen-bond acceptors (Lipinski definition) is 5. The average molecular weight is 315 g/mol. The summed E-state index contributed by atoms with van der Waals surface area (Å²) in [5.74, 6) is -1.06. The van der Waals surface area contributed by atoms with Gasteiger partial charge in [-0.05, 0) is 12.0 Å². The summed E-state index contributed by atoms with van der Waals surface area (Å²) in [4.78, 5) is 33.2. The summed E-state index contributed by atoms with van der Waals surface area (Å²) in [6.07, 6.45) is 0. The monoisotopic (exact) mass is 314 g/mol. The standard InChI is InChI=1S/C13H15ClN2O5/c1-8(2)6-15-12(17)7-21-13(18)10-5-9(16(19)20)3-4-11(10)14/h3-5,8H,6-7H2,1-2H3,(H,15,17). The third-order valence-corrected chi connectivity index (χ3v) is 2.75. The van der Waals surface area contributed by atoms with Gasteiger partial charge in [-0.15, -0.1) is 0 Å². The van der Waals surface area contributed by atoms with Gasteiger partial charge >= 0.3 is 5.97 Å². The summed E-state index contributed by atoms with van der Waals surface area (Å²) in [5.41, 5.74) is -0.432. The van der Waals surface area contributed by atoms with Gasteiger partial charge in [0.15, 0.2) is 6.61 Å². The molecule has 0 atom stereocenters. The molecule has 1 rings (SSSR count). The number of ether oxygens (including phenoxy) is 1. The van der Waals surface area contributed by atoms with E-state index in [1.807, 2.05) is 13.8 Å². The zero-order valence-electron chi connectivity index (χ0n) is 11.6. The molecule has 21 heavy (non-hydrogen) atoms. The molecule has 0 heterocycles. The van der Waals surface area contributed by atoms with E-state index in [1.54, 1.807) is 0 Å². The maximum Gasteiger partial charge on any atom is 0.340 e. The Balaban J connectivity index is 2.65. The lowest BCUT2D eigenvalue weighted by Gasteiger charge is -2.08. The number of carbonyl (C=O) groups excluding carboxylic acids is 2. The molecule has 114 valence electrons. The van der Waals surface area contributed by atoms with Crippen molar-refractivity contribution in [2.24, 2.45) is 5.92 Å². The highest BCUT2D eigenvalue weighted by Gasteiger charge is 2.18. The van der Waals surface area contributed by atoms with Gasteiger partial charge in [0.2, 0.25) is 0 Å². The van der Waals surface area contributed by atoms with Gasteiger partial charge in [-0.2, -0.15) is 0 Å². The first-order chi connectivity index (χ1) is 9.81. The molecule has 0 saturated heterocycles. The van der Waals surface area contributed by atoms with Crippen molar-refractivity contribution in [2.45, 2.75) is 13.8 Å². The van der Waals surface area contributed by atoms with Gasteiger partial charge in [0.05, 0.1) is 15.5 Å². The summed E-state index contributed by atoms with van der Waals surface area (Å²) in [7, 11) is 0. The number of halogens is 1. The summed E-state index contributed by atoms with van der Waals surface area (Å²) in [6.45, 7) is 3.85. The Bertz CT molecular complexity index is 559. The molecule has 0 bridgehead atoms. The van der Waals surface area contributed by atoms with Crippen LogP contribution in [0, 0.1) is 16.0 Å². The van der Waals surface area contributed by atoms with Crippen molar-refractivity contribution in [3.05, 3.63) is 38.9 Å². The molecular formula is C13H15ClN2O5. The van der Waals surface area contributed by atoms with E-state index in [4.69, 9.17) is 16.3 Å². The van der Waals surface area contributed by atoms with E-state index >= 15 is 0 Å². The number of esters is 1. The second-order valence-corrected chi connectivity index (χ2v) is 5.10. The lowest BCUT2D eigenvalue weighted by molar-refractivity contribution is -0.384. The normalized spacial score (nSPS) is 10.3. The molecular weight excluding hydrogens is 300 g/mol. The molecule has 0 aliphatic heterocycles. The van der Waals surface area contributed by atoms with Crippen LogP contribution in [0.2, 0.25) is 5.02 Å². The molecule has 1 aromatic carbocycles. The highest BCUT2D eigenvalue weighted by Crippen LogP contribution is 2.22. The number of carbonyl (C=O) groups is 2. The first kappa shape index (κ1) is 16.9. The maximum absolute atomic E-state index is 11.8. The second-order valence-electron chi connectivity index (χ2n) is 4.70. The molecule has 0 radical (unpaired) electrons. The number of rotatable bonds is 6. The first-order valence-electron chi connectivity index (χ1n) is 6.19. The Hall–Kier alpha value is -2.15. The lowest BCUT2D eigenvalue weighted by atomic mass is 10.2. The molecule has 0 aliphatic carbocycles. The number of nitrogens with zero attached hydrogens (tertiary/aromatic N) is 1. The van der Waals surface area contributed by atoms with Crippen LogP contribution in [0.5, 0.6) is 0 Å². The van der Waals surface area contributed by atoms with Crippen LogP contribution in [0.4, 0.5) is 5.69 Å². The number of nitro groups is 1. The van der Waals surface area contributed by atoms with E-state index in [9.17, 15) is 19.7 Å². The van der Waals surface area contributed by atoms with E-state index in [2.05, 4.69) is 5.32 Å². The number of non-ortho nitro benzene ring substituents is 1. The highest BCUT2D eigenvalue weighted by molar-refractivity contribution is 6.33. The van der Waals surface area contributed by atoms with Crippen LogP contribution in [0.3, 0.4) is 0 Å². The Morgan fingerprint density at radius 3 is 2.67 bits per heavy atom. The Morgan fingerprint density at radius 2 is 2.10 bits per heavy atom. The smallest absolute Gasteiger partial charge is 0.340 e. The van der Waals surface area contributed by atoms with Crippen LogP contribution in [0.1, 0.15) is 24.2 Å². The Morgan fingerprint density at radius 1 is 1.43 bits per heavy atom. The molecule has 0 saturated carbocycles. The quantitative estimate of drug-likeness (QED) is 0.493. The zero-order valence-corrected chi connectivity index (χ0v) is 12.3. The predicted molar refractivity (Wildman–Crippen MR) is 76.2 cm³/mol. The molecule has 1 N–H and O–H groups in total. The molecule has 0 spiro atoms. The Labute approximate surface area is 126 Å². The van der Waals surface area contributed by atoms with Crippen LogP contribution in [0.25, 0.3) is 0 Å². The van der Waals surface area contributed by atoms with Gasteiger partial charge in [-0.25, -0.2) is 4.79 Å². The van der Waals surface area contributed by atoms with E-state index in [0.29, 0.717) is 6.54 Å². The van der Waals surface area contributed by atoms with Crippen molar-refractivity contribution in [1.82, 2.24) is 5.32 Å². The lowest BCUT2D eigenvalue weighted by Crippen LogP contribution is -2.31. The SMILES string of the molecule is CC(C)CNC(=O)COC(=O)c1cc([N+](=O)[O-])ccc1Cl. The molecule has 1 aromatic rings. The van der Waals surface area contributed by atoms with Crippen molar-refractivity contribution in [2.75, 3.05) is 13.2 Å². The molecule has 8 heteroatoms.